The number of nitrogens with one attached hydrogen (secondary N) is 10. The molecule has 0 radical (unpaired) electrons. The maximum atomic E-state index is 13.5. The van der Waals surface area contributed by atoms with Gasteiger partial charge in [0.2, 0.25) is 47.5 Å². The van der Waals surface area contributed by atoms with Crippen LogP contribution in [-0.2, 0) is 48.1 Å². The fraction of sp³-hybridized carbons (Fsp3) is 0.444. The van der Waals surface area contributed by atoms with E-state index in [-0.39, 0.29) is 36.6 Å². The van der Waals surface area contributed by atoms with Crippen LogP contribution in [0.1, 0.15) is 224 Å². The predicted octanol–water partition coefficient (Wildman–Crippen LogP) is 11.9. The van der Waals surface area contributed by atoms with E-state index in [1.165, 1.54) is 0 Å². The molecule has 32 heteroatoms. The van der Waals surface area contributed by atoms with Gasteiger partial charge in [-0.25, -0.2) is 37.9 Å². The van der Waals surface area contributed by atoms with E-state index in [1.807, 2.05) is 60.7 Å². The Morgan fingerprint density at radius 1 is 0.361 bits per heavy atom. The van der Waals surface area contributed by atoms with Crippen molar-refractivity contribution in [1.29, 1.82) is 0 Å². The fourth-order valence-electron chi connectivity index (χ4n) is 15.1. The molecule has 11 rings (SSSR count). The molecule has 0 fully saturated rings. The minimum absolute atomic E-state index is 0.0567. The number of nitrogen functional groups attached to an aromatic ring is 2. The van der Waals surface area contributed by atoms with E-state index in [0.29, 0.717) is 90.2 Å². The summed E-state index contributed by atoms with van der Waals surface area (Å²) in [6, 6.07) is 36.9. The van der Waals surface area contributed by atoms with E-state index >= 15 is 0 Å². The van der Waals surface area contributed by atoms with Gasteiger partial charge in [0.15, 0.2) is 0 Å². The Morgan fingerprint density at radius 3 is 0.943 bits per heavy atom. The van der Waals surface area contributed by atoms with E-state index in [9.17, 15) is 38.4 Å². The first-order valence-electron chi connectivity index (χ1n) is 43.1. The molecule has 6 aromatic carbocycles. The molecule has 0 saturated carbocycles. The van der Waals surface area contributed by atoms with Crippen LogP contribution in [-0.4, -0.2) is 123 Å². The number of anilines is 8. The normalized spacial score (nSPS) is 12.2. The molecule has 4 heterocycles. The molecule has 122 heavy (non-hydrogen) atoms. The molecule has 8 bridgehead atoms. The van der Waals surface area contributed by atoms with Crippen molar-refractivity contribution in [2.45, 2.75) is 207 Å². The first-order valence-corrected chi connectivity index (χ1v) is 43.1. The molecule has 0 saturated heterocycles. The number of carbonyl (C=O) groups is 2. The summed E-state index contributed by atoms with van der Waals surface area (Å²) in [4.78, 5) is 137. The van der Waals surface area contributed by atoms with Crippen LogP contribution in [0.25, 0.3) is 0 Å². The third kappa shape index (κ3) is 26.5. The molecule has 14 N–H and O–H groups in total. The molecule has 0 aliphatic heterocycles. The summed E-state index contributed by atoms with van der Waals surface area (Å²) in [6.45, 7) is 12.3. The number of carbonyl (C=O) groups excluding carboxylic acids is 2. The highest BCUT2D eigenvalue weighted by atomic mass is 16.5. The topological polar surface area (TPSA) is 448 Å². The summed E-state index contributed by atoms with van der Waals surface area (Å²) in [6.07, 6.45) is 20.1. The molecule has 10 aromatic rings. The van der Waals surface area contributed by atoms with Gasteiger partial charge in [-0.15, -0.1) is 0 Å². The second kappa shape index (κ2) is 46.6. The molecule has 2 atom stereocenters. The number of amides is 2. The van der Waals surface area contributed by atoms with Gasteiger partial charge in [0.05, 0.1) is 26.4 Å². The smallest absolute Gasteiger partial charge is 0.334 e. The molecule has 2 amide bonds. The number of ether oxygens (including phenoxy) is 4. The number of aromatic amines is 4. The van der Waals surface area contributed by atoms with Crippen molar-refractivity contribution in [3.05, 3.63) is 240 Å². The van der Waals surface area contributed by atoms with E-state index in [0.717, 1.165) is 228 Å². The maximum Gasteiger partial charge on any atom is 0.334 e. The van der Waals surface area contributed by atoms with E-state index in [4.69, 9.17) is 40.4 Å². The Balaban J connectivity index is 0.728. The molecule has 648 valence electrons. The molecular weight excluding hydrogens is 1550 g/mol. The van der Waals surface area contributed by atoms with E-state index < -0.39 is 58.0 Å². The quantitative estimate of drug-likeness (QED) is 0.0158. The molecular formula is C90H116N20O12. The highest BCUT2D eigenvalue weighted by Gasteiger charge is 2.29. The minimum atomic E-state index is -1.15. The number of nitrogens with zero attached hydrogens (tertiary/aromatic N) is 8. The lowest BCUT2D eigenvalue weighted by molar-refractivity contribution is -0.125. The fourth-order valence-corrected chi connectivity index (χ4v) is 15.1. The van der Waals surface area contributed by atoms with E-state index in [2.05, 4.69) is 160 Å². The standard InChI is InChI=1S/C90H116N20O12/c1-5-45-119-73-61-37-31-38-62(73)52-66-56-70(98-84-102-80(92)100-82(104-84)96-44-30-20-16-12-10-14-18-28-42-94-78(112)72(50-60-35-25-22-26-36-60)110-89(117)107-86(114)108-90(110)118)58-68(76(66)122-48-8-4)54-64-40-32-39-63(74(64)120-46-6-2)53-67-57-69(55-65(51-61)75(67)121-47-7-3)97-83-101-79(91)99-81(103-83)95-43-29-19-15-11-9-13-17-27-41-93-77(111)71(49-59-33-23-21-24-34-59)109-87(115)105-85(113)106-88(109)116/h21-26,31-40,55-58,71-72H,5-20,27-30,41-54H2,1-4H3,(H,93,111)(H,94,112)(H2,105,106,113,115,116)(H2,107,108,114,117,118)(H4,91,95,97,99,101,103)(H4,92,96,98,100,102,104). The van der Waals surface area contributed by atoms with Crippen LogP contribution >= 0.6 is 0 Å². The van der Waals surface area contributed by atoms with Crippen LogP contribution in [0.15, 0.2) is 150 Å². The van der Waals surface area contributed by atoms with Crippen LogP contribution in [0, 0.1) is 0 Å². The lowest BCUT2D eigenvalue weighted by Gasteiger charge is -2.24. The number of hydrogen-bond acceptors (Lipinski definition) is 24. The summed E-state index contributed by atoms with van der Waals surface area (Å²) >= 11 is 0. The summed E-state index contributed by atoms with van der Waals surface area (Å²) in [5.74, 6) is 3.48. The molecule has 1 aliphatic rings. The van der Waals surface area contributed by atoms with Crippen LogP contribution < -0.4 is 96.5 Å². The molecule has 32 nitrogen and oxygen atoms in total. The minimum Gasteiger partial charge on any atom is -0.493 e. The van der Waals surface area contributed by atoms with Crippen LogP contribution in [0.5, 0.6) is 23.0 Å². The van der Waals surface area contributed by atoms with Crippen LogP contribution in [0.2, 0.25) is 0 Å². The van der Waals surface area contributed by atoms with Crippen LogP contribution in [0.4, 0.5) is 47.1 Å². The first kappa shape index (κ1) is 89.9. The average molecular weight is 1670 g/mol. The molecule has 4 aromatic heterocycles. The van der Waals surface area contributed by atoms with Gasteiger partial charge in [-0.1, -0.05) is 202 Å². The third-order valence-electron chi connectivity index (χ3n) is 20.9. The monoisotopic (exact) mass is 1670 g/mol. The third-order valence-corrected chi connectivity index (χ3v) is 20.9. The Kier molecular flexibility index (Phi) is 34.3. The first-order chi connectivity index (χ1) is 59.4. The Morgan fingerprint density at radius 2 is 0.639 bits per heavy atom. The van der Waals surface area contributed by atoms with Crippen molar-refractivity contribution in [2.75, 3.05) is 85.3 Å². The lowest BCUT2D eigenvalue weighted by atomic mass is 9.90. The van der Waals surface area contributed by atoms with Gasteiger partial charge >= 0.3 is 34.1 Å². The van der Waals surface area contributed by atoms with Crippen molar-refractivity contribution in [2.24, 2.45) is 0 Å². The SMILES string of the molecule is CCCOc1c2cccc1Cc1cc(Nc3nc(N)nc(NCCCCCCCCCCNC(=O)C(Cc4ccccc4)n4c(=O)[nH]c(=O)[nH]c4=O)n3)cc(c1OCCC)Cc1cccc(c1OCCC)Cc1cc(Nc3nc(N)nc(NCCCCCCCCCCNC(=O)C(Cc4ccccc4)n4c(=O)[nH]c(=O)[nH]c4=O)n3)cc(c1OCCC)C2. The summed E-state index contributed by atoms with van der Waals surface area (Å²) in [5, 5.41) is 19.6. The summed E-state index contributed by atoms with van der Waals surface area (Å²) in [5.41, 5.74) is 17.8. The second-order valence-corrected chi connectivity index (χ2v) is 30.7. The molecule has 1 aliphatic carbocycles. The number of rotatable bonds is 48. The van der Waals surface area contributed by atoms with Crippen LogP contribution in [0.3, 0.4) is 0 Å². The number of H-pyrrole nitrogens is 4. The summed E-state index contributed by atoms with van der Waals surface area (Å²) < 4.78 is 29.1. The number of para-hydroxylation sites is 2. The molecule has 2 unspecified atom stereocenters. The lowest BCUT2D eigenvalue weighted by Crippen LogP contribution is -2.49. The van der Waals surface area contributed by atoms with Gasteiger partial charge in [0, 0.05) is 98.3 Å². The predicted molar refractivity (Wildman–Crippen MR) is 474 cm³/mol. The maximum absolute atomic E-state index is 13.5. The average Bonchev–Trinajstić information content (AvgIpc) is 0.763. The Bertz CT molecular complexity index is 4970. The Labute approximate surface area is 708 Å². The molecule has 0 spiro atoms. The number of aromatic nitrogens is 12. The van der Waals surface area contributed by atoms with Crippen molar-refractivity contribution in [3.63, 3.8) is 0 Å². The van der Waals surface area contributed by atoms with Gasteiger partial charge in [0.1, 0.15) is 35.1 Å². The van der Waals surface area contributed by atoms with Crippen molar-refractivity contribution < 1.29 is 28.5 Å². The highest BCUT2D eigenvalue weighted by Crippen LogP contribution is 2.42. The van der Waals surface area contributed by atoms with Crippen molar-refractivity contribution in [1.82, 2.24) is 69.6 Å². The van der Waals surface area contributed by atoms with Gasteiger partial charge in [-0.2, -0.15) is 29.9 Å². The van der Waals surface area contributed by atoms with Gasteiger partial charge in [0.25, 0.3) is 0 Å². The highest BCUT2D eigenvalue weighted by molar-refractivity contribution is 5.81. The van der Waals surface area contributed by atoms with Gasteiger partial charge < -0.3 is 62.3 Å². The van der Waals surface area contributed by atoms with Gasteiger partial charge in [-0.05, 0) is 109 Å². The zero-order chi connectivity index (χ0) is 86.0. The Hall–Kier alpha value is -12.9. The van der Waals surface area contributed by atoms with Gasteiger partial charge in [-0.3, -0.25) is 29.5 Å². The summed E-state index contributed by atoms with van der Waals surface area (Å²) in [7, 11) is 0. The number of unbranched alkanes of at least 4 members (excludes halogenated alkanes) is 14. The van der Waals surface area contributed by atoms with Crippen molar-refractivity contribution >= 4 is 58.9 Å². The second-order valence-electron chi connectivity index (χ2n) is 30.7. The zero-order valence-corrected chi connectivity index (χ0v) is 70.4. The van der Waals surface area contributed by atoms with Crippen molar-refractivity contribution in [3.8, 4) is 23.0 Å². The zero-order valence-electron chi connectivity index (χ0n) is 70.4. The number of benzene rings is 6. The number of hydrogen-bond donors (Lipinski definition) is 12. The van der Waals surface area contributed by atoms with E-state index in [1.54, 1.807) is 0 Å². The largest absolute Gasteiger partial charge is 0.493 e. The number of nitrogens with two attached hydrogens (primary N) is 2. The number of fused-ring (bicyclic) bond motifs is 8.